The van der Waals surface area contributed by atoms with Crippen molar-refractivity contribution in [2.24, 2.45) is 0 Å². The van der Waals surface area contributed by atoms with Crippen molar-refractivity contribution in [1.82, 2.24) is 0 Å². The number of fused-ring (bicyclic) bond motifs is 2. The third kappa shape index (κ3) is 1.16. The molecule has 0 bridgehead atoms. The molecule has 0 atom stereocenters. The van der Waals surface area contributed by atoms with Crippen molar-refractivity contribution >= 4 is 11.1 Å². The van der Waals surface area contributed by atoms with Crippen molar-refractivity contribution in [2.75, 3.05) is 0 Å². The van der Waals surface area contributed by atoms with Crippen molar-refractivity contribution < 1.29 is 0 Å². The molecule has 2 aliphatic carbocycles. The van der Waals surface area contributed by atoms with Crippen molar-refractivity contribution in [3.05, 3.63) is 58.2 Å². The largest absolute Gasteiger partial charge is 0.0795 e. The molecule has 0 saturated heterocycles. The lowest BCUT2D eigenvalue weighted by Gasteiger charge is -2.13. The highest BCUT2D eigenvalue weighted by atomic mass is 14.3. The van der Waals surface area contributed by atoms with E-state index in [1.54, 1.807) is 11.1 Å². The monoisotopic (exact) mass is 208 g/mol. The zero-order chi connectivity index (χ0) is 11.3. The van der Waals surface area contributed by atoms with Crippen LogP contribution >= 0.6 is 0 Å². The summed E-state index contributed by atoms with van der Waals surface area (Å²) in [5.41, 5.74) is 10.3. The Balaban J connectivity index is 2.34. The third-order valence-corrected chi connectivity index (χ3v) is 3.84. The van der Waals surface area contributed by atoms with Gasteiger partial charge in [-0.15, -0.1) is 0 Å². The molecule has 0 heterocycles. The maximum atomic E-state index is 2.26. The van der Waals surface area contributed by atoms with Crippen molar-refractivity contribution in [3.63, 3.8) is 0 Å². The molecule has 0 saturated carbocycles. The smallest absolute Gasteiger partial charge is 0.00109 e. The van der Waals surface area contributed by atoms with Crippen LogP contribution in [0.15, 0.2) is 47.1 Å². The molecule has 0 spiro atoms. The van der Waals surface area contributed by atoms with Gasteiger partial charge in [-0.05, 0) is 66.2 Å². The van der Waals surface area contributed by atoms with Gasteiger partial charge < -0.3 is 0 Å². The van der Waals surface area contributed by atoms with E-state index in [2.05, 4.69) is 51.1 Å². The molecule has 0 radical (unpaired) electrons. The van der Waals surface area contributed by atoms with Crippen LogP contribution in [-0.2, 0) is 0 Å². The van der Waals surface area contributed by atoms with E-state index in [0.29, 0.717) is 0 Å². The lowest BCUT2D eigenvalue weighted by atomic mass is 9.92. The molecule has 2 aliphatic rings. The second-order valence-electron chi connectivity index (χ2n) is 4.63. The predicted molar refractivity (Wildman–Crippen MR) is 70.0 cm³/mol. The summed E-state index contributed by atoms with van der Waals surface area (Å²) in [6, 6.07) is 8.78. The van der Waals surface area contributed by atoms with Crippen LogP contribution in [0, 0.1) is 0 Å². The minimum absolute atomic E-state index is 1.19. The minimum atomic E-state index is 1.19. The van der Waals surface area contributed by atoms with Gasteiger partial charge in [-0.3, -0.25) is 0 Å². The summed E-state index contributed by atoms with van der Waals surface area (Å²) >= 11 is 0. The highest BCUT2D eigenvalue weighted by Crippen LogP contribution is 2.51. The summed E-state index contributed by atoms with van der Waals surface area (Å²) < 4.78 is 0. The van der Waals surface area contributed by atoms with Gasteiger partial charge in [0.15, 0.2) is 0 Å². The second kappa shape index (κ2) is 3.21. The average Bonchev–Trinajstić information content (AvgIpc) is 3.09. The molecule has 0 fully saturated rings. The molecule has 1 aromatic carbocycles. The molecule has 0 unspecified atom stereocenters. The van der Waals surface area contributed by atoms with E-state index in [0.717, 1.165) is 0 Å². The Bertz CT molecular complexity index is 565. The zero-order valence-electron chi connectivity index (χ0n) is 10.1. The van der Waals surface area contributed by atoms with Gasteiger partial charge in [0.1, 0.15) is 0 Å². The first kappa shape index (κ1) is 9.65. The number of benzene rings is 1. The van der Waals surface area contributed by atoms with E-state index >= 15 is 0 Å². The quantitative estimate of drug-likeness (QED) is 0.584. The van der Waals surface area contributed by atoms with Crippen LogP contribution in [-0.4, -0.2) is 0 Å². The van der Waals surface area contributed by atoms with Gasteiger partial charge in [0.2, 0.25) is 0 Å². The summed E-state index contributed by atoms with van der Waals surface area (Å²) in [4.78, 5) is 0. The molecule has 0 N–H and O–H groups in total. The zero-order valence-corrected chi connectivity index (χ0v) is 10.1. The number of rotatable bonds is 0. The predicted octanol–water partition coefficient (Wildman–Crippen LogP) is 4.60. The van der Waals surface area contributed by atoms with Gasteiger partial charge >= 0.3 is 0 Å². The van der Waals surface area contributed by atoms with Gasteiger partial charge in [-0.1, -0.05) is 30.3 Å². The number of hydrogen-bond acceptors (Lipinski definition) is 0. The fourth-order valence-corrected chi connectivity index (χ4v) is 2.73. The molecule has 0 nitrogen and oxygen atoms in total. The fraction of sp³-hybridized carbons (Fsp3) is 0.250. The van der Waals surface area contributed by atoms with E-state index in [9.17, 15) is 0 Å². The molecule has 1 aromatic rings. The van der Waals surface area contributed by atoms with E-state index < -0.39 is 0 Å². The molecule has 80 valence electrons. The fourth-order valence-electron chi connectivity index (χ4n) is 2.73. The van der Waals surface area contributed by atoms with Crippen molar-refractivity contribution in [1.29, 1.82) is 0 Å². The molecule has 0 aromatic heterocycles. The van der Waals surface area contributed by atoms with Gasteiger partial charge in [0.05, 0.1) is 0 Å². The Morgan fingerprint density at radius 1 is 0.938 bits per heavy atom. The summed E-state index contributed by atoms with van der Waals surface area (Å²) in [7, 11) is 0. The topological polar surface area (TPSA) is 0 Å². The van der Waals surface area contributed by atoms with Crippen LogP contribution in [0.25, 0.3) is 11.1 Å². The summed E-state index contributed by atoms with van der Waals surface area (Å²) in [5.74, 6) is 0. The SMILES string of the molecule is CC=C1C(C)=C(C)C2=C(C2)c2ccccc21. The van der Waals surface area contributed by atoms with Crippen LogP contribution < -0.4 is 0 Å². The van der Waals surface area contributed by atoms with Crippen LogP contribution in [0.2, 0.25) is 0 Å². The van der Waals surface area contributed by atoms with Crippen LogP contribution in [0.5, 0.6) is 0 Å². The van der Waals surface area contributed by atoms with Crippen molar-refractivity contribution in [2.45, 2.75) is 27.2 Å². The number of allylic oxidation sites excluding steroid dienone is 6. The molecule has 0 aliphatic heterocycles. The molecular weight excluding hydrogens is 192 g/mol. The molecule has 16 heavy (non-hydrogen) atoms. The third-order valence-electron chi connectivity index (χ3n) is 3.84. The lowest BCUT2D eigenvalue weighted by molar-refractivity contribution is 1.31. The van der Waals surface area contributed by atoms with Gasteiger partial charge in [0.25, 0.3) is 0 Å². The van der Waals surface area contributed by atoms with E-state index in [-0.39, 0.29) is 0 Å². The lowest BCUT2D eigenvalue weighted by Crippen LogP contribution is -1.92. The van der Waals surface area contributed by atoms with Crippen LogP contribution in [0.4, 0.5) is 0 Å². The minimum Gasteiger partial charge on any atom is -0.0795 e. The Labute approximate surface area is 97.0 Å². The first-order valence-electron chi connectivity index (χ1n) is 5.90. The summed E-state index contributed by atoms with van der Waals surface area (Å²) in [5, 5.41) is 0. The molecule has 3 rings (SSSR count). The second-order valence-corrected chi connectivity index (χ2v) is 4.63. The van der Waals surface area contributed by atoms with E-state index in [4.69, 9.17) is 0 Å². The first-order chi connectivity index (χ1) is 7.74. The maximum Gasteiger partial charge on any atom is -0.00109 e. The number of hydrogen-bond donors (Lipinski definition) is 0. The highest BCUT2D eigenvalue weighted by Gasteiger charge is 2.30. The van der Waals surface area contributed by atoms with E-state index in [1.165, 1.54) is 34.3 Å². The van der Waals surface area contributed by atoms with E-state index in [1.807, 2.05) is 0 Å². The molecule has 0 heteroatoms. The Kier molecular flexibility index (Phi) is 1.94. The first-order valence-corrected chi connectivity index (χ1v) is 5.90. The Morgan fingerprint density at radius 2 is 1.62 bits per heavy atom. The van der Waals surface area contributed by atoms with Gasteiger partial charge in [0, 0.05) is 0 Å². The Hall–Kier alpha value is -1.56. The summed E-state index contributed by atoms with van der Waals surface area (Å²) in [6.45, 7) is 6.64. The highest BCUT2D eigenvalue weighted by molar-refractivity contribution is 5.98. The normalized spacial score (nSPS) is 20.8. The van der Waals surface area contributed by atoms with Gasteiger partial charge in [-0.2, -0.15) is 0 Å². The maximum absolute atomic E-state index is 2.26. The van der Waals surface area contributed by atoms with Crippen LogP contribution in [0.1, 0.15) is 38.3 Å². The molecular formula is C16H16. The summed E-state index contributed by atoms with van der Waals surface area (Å²) in [6.07, 6.45) is 3.43. The average molecular weight is 208 g/mol. The van der Waals surface area contributed by atoms with Crippen LogP contribution in [0.3, 0.4) is 0 Å². The van der Waals surface area contributed by atoms with Gasteiger partial charge in [-0.25, -0.2) is 0 Å². The Morgan fingerprint density at radius 3 is 2.31 bits per heavy atom. The van der Waals surface area contributed by atoms with Crippen molar-refractivity contribution in [3.8, 4) is 0 Å². The molecule has 0 amide bonds. The standard InChI is InChI=1S/C16H16/c1-4-12-10(2)11(3)15-9-16(15)14-8-6-5-7-13(12)14/h4-8H,9H2,1-3H3.